The molecule has 0 N–H and O–H groups in total. The predicted molar refractivity (Wildman–Crippen MR) is 71.6 cm³/mol. The van der Waals surface area contributed by atoms with Crippen LogP contribution < -0.4 is 5.69 Å². The van der Waals surface area contributed by atoms with Crippen LogP contribution in [0.1, 0.15) is 20.3 Å². The summed E-state index contributed by atoms with van der Waals surface area (Å²) in [4.78, 5) is 24.1. The van der Waals surface area contributed by atoms with Gasteiger partial charge in [-0.15, -0.1) is 0 Å². The van der Waals surface area contributed by atoms with Gasteiger partial charge >= 0.3 is 5.69 Å². The van der Waals surface area contributed by atoms with Crippen LogP contribution in [0.25, 0.3) is 11.0 Å². The van der Waals surface area contributed by atoms with Gasteiger partial charge < -0.3 is 0 Å². The summed E-state index contributed by atoms with van der Waals surface area (Å²) >= 11 is 0. The molecule has 1 aromatic heterocycles. The Balaban J connectivity index is 2.49. The second-order valence-corrected chi connectivity index (χ2v) is 4.69. The lowest BCUT2D eigenvalue weighted by atomic mass is 10.0. The van der Waals surface area contributed by atoms with Gasteiger partial charge in [-0.25, -0.2) is 4.79 Å². The monoisotopic (exact) mass is 246 g/mol. The Hall–Kier alpha value is -1.84. The number of hydrogen-bond donors (Lipinski definition) is 0. The van der Waals surface area contributed by atoms with E-state index in [1.165, 1.54) is 0 Å². The first-order chi connectivity index (χ1) is 8.56. The molecular formula is C14H18N2O2. The second kappa shape index (κ2) is 4.80. The van der Waals surface area contributed by atoms with Crippen molar-refractivity contribution in [1.82, 2.24) is 9.13 Å². The van der Waals surface area contributed by atoms with E-state index in [2.05, 4.69) is 0 Å². The Kier molecular flexibility index (Phi) is 3.36. The molecule has 0 saturated heterocycles. The summed E-state index contributed by atoms with van der Waals surface area (Å²) < 4.78 is 3.14. The largest absolute Gasteiger partial charge is 0.329 e. The topological polar surface area (TPSA) is 44.0 Å². The number of imidazole rings is 1. The smallest absolute Gasteiger partial charge is 0.297 e. The maximum atomic E-state index is 12.1. The van der Waals surface area contributed by atoms with Gasteiger partial charge in [0, 0.05) is 13.0 Å². The molecule has 0 aliphatic rings. The van der Waals surface area contributed by atoms with Gasteiger partial charge in [0.05, 0.1) is 17.6 Å². The molecule has 1 unspecified atom stereocenters. The van der Waals surface area contributed by atoms with E-state index in [-0.39, 0.29) is 23.9 Å². The van der Waals surface area contributed by atoms with Gasteiger partial charge in [-0.2, -0.15) is 0 Å². The predicted octanol–water partition coefficient (Wildman–Crippen LogP) is 1.96. The van der Waals surface area contributed by atoms with Gasteiger partial charge in [0.2, 0.25) is 0 Å². The van der Waals surface area contributed by atoms with Crippen molar-refractivity contribution in [2.24, 2.45) is 13.0 Å². The number of Topliss-reactive ketones (excluding diaryl/α,β-unsaturated/α-hetero) is 1. The molecule has 2 aromatic rings. The highest BCUT2D eigenvalue weighted by Gasteiger charge is 2.16. The summed E-state index contributed by atoms with van der Waals surface area (Å²) in [6, 6.07) is 7.54. The lowest BCUT2D eigenvalue weighted by Gasteiger charge is -2.07. The minimum absolute atomic E-state index is 0.00383. The molecule has 96 valence electrons. The number of aromatic nitrogens is 2. The standard InChI is InChI=1S/C14H18N2O2/c1-4-10(2)13(17)9-16-12-8-6-5-7-11(12)15(3)14(16)18/h5-8,10H,4,9H2,1-3H3. The highest BCUT2D eigenvalue weighted by atomic mass is 16.2. The Morgan fingerprint density at radius 3 is 2.50 bits per heavy atom. The van der Waals surface area contributed by atoms with Crippen LogP contribution in [-0.2, 0) is 18.4 Å². The molecule has 0 aliphatic heterocycles. The number of hydrogen-bond acceptors (Lipinski definition) is 2. The first-order valence-electron chi connectivity index (χ1n) is 6.23. The van der Waals surface area contributed by atoms with E-state index in [0.29, 0.717) is 0 Å². The molecule has 0 amide bonds. The molecule has 18 heavy (non-hydrogen) atoms. The van der Waals surface area contributed by atoms with Gasteiger partial charge in [-0.05, 0) is 18.6 Å². The van der Waals surface area contributed by atoms with Crippen molar-refractivity contribution < 1.29 is 4.79 Å². The van der Waals surface area contributed by atoms with Crippen molar-refractivity contribution >= 4 is 16.8 Å². The molecule has 4 nitrogen and oxygen atoms in total. The van der Waals surface area contributed by atoms with Crippen molar-refractivity contribution in [3.63, 3.8) is 0 Å². The Morgan fingerprint density at radius 2 is 1.89 bits per heavy atom. The van der Waals surface area contributed by atoms with E-state index in [9.17, 15) is 9.59 Å². The third-order valence-electron chi connectivity index (χ3n) is 3.53. The number of fused-ring (bicyclic) bond motifs is 1. The number of para-hydroxylation sites is 2. The molecule has 0 saturated carbocycles. The SMILES string of the molecule is CCC(C)C(=O)Cn1c(=O)n(C)c2ccccc21. The molecule has 0 radical (unpaired) electrons. The number of rotatable bonds is 4. The van der Waals surface area contributed by atoms with Crippen molar-refractivity contribution in [3.05, 3.63) is 34.7 Å². The average Bonchev–Trinajstić information content (AvgIpc) is 2.63. The van der Waals surface area contributed by atoms with Gasteiger partial charge in [-0.3, -0.25) is 13.9 Å². The number of carbonyl (C=O) groups is 1. The summed E-state index contributed by atoms with van der Waals surface area (Å²) in [5.41, 5.74) is 1.55. The second-order valence-electron chi connectivity index (χ2n) is 4.69. The molecule has 0 aliphatic carbocycles. The zero-order chi connectivity index (χ0) is 13.3. The highest BCUT2D eigenvalue weighted by Crippen LogP contribution is 2.12. The summed E-state index contributed by atoms with van der Waals surface area (Å²) in [5.74, 6) is 0.104. The minimum Gasteiger partial charge on any atom is -0.297 e. The molecule has 0 spiro atoms. The number of carbonyl (C=O) groups excluding carboxylic acids is 1. The Labute approximate surface area is 106 Å². The van der Waals surface area contributed by atoms with Crippen molar-refractivity contribution in [2.75, 3.05) is 0 Å². The Morgan fingerprint density at radius 1 is 1.28 bits per heavy atom. The summed E-state index contributed by atoms with van der Waals surface area (Å²) in [6.07, 6.45) is 0.804. The van der Waals surface area contributed by atoms with E-state index in [4.69, 9.17) is 0 Å². The first-order valence-corrected chi connectivity index (χ1v) is 6.23. The first kappa shape index (κ1) is 12.6. The molecule has 0 bridgehead atoms. The number of ketones is 1. The van der Waals surface area contributed by atoms with Crippen LogP contribution in [0.4, 0.5) is 0 Å². The van der Waals surface area contributed by atoms with Gasteiger partial charge in [0.1, 0.15) is 0 Å². The molecule has 1 atom stereocenters. The highest BCUT2D eigenvalue weighted by molar-refractivity contribution is 5.83. The fourth-order valence-electron chi connectivity index (χ4n) is 2.06. The third kappa shape index (κ3) is 1.98. The third-order valence-corrected chi connectivity index (χ3v) is 3.53. The van der Waals surface area contributed by atoms with Crippen LogP contribution in [0.5, 0.6) is 0 Å². The van der Waals surface area contributed by atoms with Crippen molar-refractivity contribution in [1.29, 1.82) is 0 Å². The van der Waals surface area contributed by atoms with Crippen LogP contribution in [0.15, 0.2) is 29.1 Å². The van der Waals surface area contributed by atoms with Crippen LogP contribution in [-0.4, -0.2) is 14.9 Å². The maximum absolute atomic E-state index is 12.1. The molecule has 0 fully saturated rings. The van der Waals surface area contributed by atoms with E-state index in [0.717, 1.165) is 17.5 Å². The lowest BCUT2D eigenvalue weighted by molar-refractivity contribution is -0.123. The molecule has 4 heteroatoms. The maximum Gasteiger partial charge on any atom is 0.329 e. The van der Waals surface area contributed by atoms with Gasteiger partial charge in [0.25, 0.3) is 0 Å². The van der Waals surface area contributed by atoms with Crippen molar-refractivity contribution in [3.8, 4) is 0 Å². The fourth-order valence-corrected chi connectivity index (χ4v) is 2.06. The fraction of sp³-hybridized carbons (Fsp3) is 0.429. The quantitative estimate of drug-likeness (QED) is 0.827. The van der Waals surface area contributed by atoms with E-state index in [1.54, 1.807) is 16.2 Å². The average molecular weight is 246 g/mol. The molecule has 1 aromatic carbocycles. The lowest BCUT2D eigenvalue weighted by Crippen LogP contribution is -2.27. The van der Waals surface area contributed by atoms with E-state index >= 15 is 0 Å². The number of nitrogens with zero attached hydrogens (tertiary/aromatic N) is 2. The summed E-state index contributed by atoms with van der Waals surface area (Å²) in [5, 5.41) is 0. The molecular weight excluding hydrogens is 228 g/mol. The number of aryl methyl sites for hydroxylation is 1. The minimum atomic E-state index is -0.132. The number of benzene rings is 1. The van der Waals surface area contributed by atoms with Crippen LogP contribution in [0.2, 0.25) is 0 Å². The normalized spacial score (nSPS) is 12.8. The van der Waals surface area contributed by atoms with Gasteiger partial charge in [0.15, 0.2) is 5.78 Å². The van der Waals surface area contributed by atoms with Crippen LogP contribution in [0, 0.1) is 5.92 Å². The zero-order valence-electron chi connectivity index (χ0n) is 11.0. The van der Waals surface area contributed by atoms with E-state index < -0.39 is 0 Å². The summed E-state index contributed by atoms with van der Waals surface area (Å²) in [7, 11) is 1.73. The van der Waals surface area contributed by atoms with E-state index in [1.807, 2.05) is 38.1 Å². The zero-order valence-corrected chi connectivity index (χ0v) is 11.0. The van der Waals surface area contributed by atoms with Crippen molar-refractivity contribution in [2.45, 2.75) is 26.8 Å². The summed E-state index contributed by atoms with van der Waals surface area (Å²) in [6.45, 7) is 4.04. The van der Waals surface area contributed by atoms with Gasteiger partial charge in [-0.1, -0.05) is 26.0 Å². The molecule has 2 rings (SSSR count). The van der Waals surface area contributed by atoms with Crippen LogP contribution in [0.3, 0.4) is 0 Å². The van der Waals surface area contributed by atoms with Crippen LogP contribution >= 0.6 is 0 Å². The Bertz CT molecular complexity index is 637. The molecule has 1 heterocycles.